The highest BCUT2D eigenvalue weighted by atomic mass is 16.5. The summed E-state index contributed by atoms with van der Waals surface area (Å²) in [7, 11) is 0. The van der Waals surface area contributed by atoms with Gasteiger partial charge >= 0.3 is 0 Å². The normalized spacial score (nSPS) is 23.8. The monoisotopic (exact) mass is 179 g/mol. The van der Waals surface area contributed by atoms with E-state index in [1.807, 2.05) is 6.07 Å². The third-order valence-electron chi connectivity index (χ3n) is 1.98. The van der Waals surface area contributed by atoms with Crippen molar-refractivity contribution in [3.8, 4) is 5.75 Å². The average Bonchev–Trinajstić information content (AvgIpc) is 2.18. The Labute approximate surface area is 75.1 Å². The molecule has 1 aliphatic heterocycles. The minimum atomic E-state index is -0.847. The molecular weight excluding hydrogens is 170 g/mol. The van der Waals surface area contributed by atoms with E-state index < -0.39 is 6.10 Å². The molecule has 1 aromatic carbocycles. The van der Waals surface area contributed by atoms with E-state index in [4.69, 9.17) is 9.94 Å². The van der Waals surface area contributed by atoms with Crippen molar-refractivity contribution in [2.45, 2.75) is 6.10 Å². The summed E-state index contributed by atoms with van der Waals surface area (Å²) in [6.07, 6.45) is -0.847. The second-order valence-electron chi connectivity index (χ2n) is 2.81. The van der Waals surface area contributed by atoms with Crippen molar-refractivity contribution >= 4 is 5.71 Å². The van der Waals surface area contributed by atoms with Gasteiger partial charge in [-0.15, -0.1) is 0 Å². The summed E-state index contributed by atoms with van der Waals surface area (Å²) in [6, 6.07) is 7.14. The molecule has 0 aromatic heterocycles. The molecule has 1 aromatic rings. The van der Waals surface area contributed by atoms with Gasteiger partial charge in [0.15, 0.2) is 0 Å². The van der Waals surface area contributed by atoms with Crippen LogP contribution in [0, 0.1) is 0 Å². The third kappa shape index (κ3) is 1.25. The van der Waals surface area contributed by atoms with Crippen molar-refractivity contribution in [1.82, 2.24) is 0 Å². The Balaban J connectivity index is 2.52. The van der Waals surface area contributed by atoms with Crippen molar-refractivity contribution in [2.75, 3.05) is 6.61 Å². The molecule has 1 heterocycles. The maximum atomic E-state index is 9.40. The van der Waals surface area contributed by atoms with Crippen LogP contribution in [0.1, 0.15) is 5.56 Å². The van der Waals surface area contributed by atoms with Gasteiger partial charge < -0.3 is 15.1 Å². The molecule has 13 heavy (non-hydrogen) atoms. The lowest BCUT2D eigenvalue weighted by molar-refractivity contribution is 0.146. The minimum absolute atomic E-state index is 0.135. The maximum Gasteiger partial charge on any atom is 0.134 e. The first-order chi connectivity index (χ1) is 6.33. The minimum Gasteiger partial charge on any atom is -0.490 e. The van der Waals surface area contributed by atoms with Crippen molar-refractivity contribution < 1.29 is 15.1 Å². The lowest BCUT2D eigenvalue weighted by atomic mass is 10.0. The van der Waals surface area contributed by atoms with E-state index in [1.54, 1.807) is 18.2 Å². The van der Waals surface area contributed by atoms with E-state index in [-0.39, 0.29) is 12.3 Å². The van der Waals surface area contributed by atoms with E-state index in [9.17, 15) is 5.11 Å². The van der Waals surface area contributed by atoms with Gasteiger partial charge in [0.05, 0.1) is 0 Å². The highest BCUT2D eigenvalue weighted by molar-refractivity contribution is 6.06. The van der Waals surface area contributed by atoms with Crippen LogP contribution in [0.15, 0.2) is 29.4 Å². The number of rotatable bonds is 0. The number of aliphatic hydroxyl groups is 1. The van der Waals surface area contributed by atoms with Crippen LogP contribution in [0.4, 0.5) is 0 Å². The largest absolute Gasteiger partial charge is 0.490 e. The molecule has 0 aliphatic carbocycles. The molecule has 4 nitrogen and oxygen atoms in total. The fraction of sp³-hybridized carbons (Fsp3) is 0.222. The van der Waals surface area contributed by atoms with Gasteiger partial charge in [0.1, 0.15) is 24.2 Å². The van der Waals surface area contributed by atoms with Crippen LogP contribution in [-0.4, -0.2) is 28.7 Å². The van der Waals surface area contributed by atoms with Crippen LogP contribution in [0.5, 0.6) is 5.75 Å². The highest BCUT2D eigenvalue weighted by Crippen LogP contribution is 2.24. The number of hydrogen-bond acceptors (Lipinski definition) is 4. The summed E-state index contributed by atoms with van der Waals surface area (Å²) < 4.78 is 5.23. The van der Waals surface area contributed by atoms with E-state index in [0.717, 1.165) is 0 Å². The Morgan fingerprint density at radius 2 is 2.15 bits per heavy atom. The summed E-state index contributed by atoms with van der Waals surface area (Å²) in [4.78, 5) is 0. The molecule has 4 heteroatoms. The number of aliphatic hydroxyl groups excluding tert-OH is 1. The zero-order valence-electron chi connectivity index (χ0n) is 6.84. The zero-order chi connectivity index (χ0) is 9.26. The average molecular weight is 179 g/mol. The van der Waals surface area contributed by atoms with E-state index in [1.165, 1.54) is 0 Å². The SMILES string of the molecule is ON=C1c2ccccc2OC[C@@H]1O. The molecule has 0 saturated carbocycles. The van der Waals surface area contributed by atoms with Crippen LogP contribution in [-0.2, 0) is 0 Å². The summed E-state index contributed by atoms with van der Waals surface area (Å²) in [5, 5.41) is 21.1. The van der Waals surface area contributed by atoms with E-state index in [2.05, 4.69) is 5.16 Å². The molecule has 0 fully saturated rings. The lowest BCUT2D eigenvalue weighted by Gasteiger charge is -2.22. The molecule has 1 atom stereocenters. The number of hydrogen-bond donors (Lipinski definition) is 2. The molecule has 68 valence electrons. The second-order valence-corrected chi connectivity index (χ2v) is 2.81. The van der Waals surface area contributed by atoms with Crippen LogP contribution < -0.4 is 4.74 Å². The summed E-state index contributed by atoms with van der Waals surface area (Å²) in [6.45, 7) is 0.135. The fourth-order valence-electron chi connectivity index (χ4n) is 1.35. The molecule has 0 bridgehead atoms. The molecule has 2 N–H and O–H groups in total. The molecule has 0 unspecified atom stereocenters. The number of benzene rings is 1. The molecule has 0 radical (unpaired) electrons. The molecule has 2 rings (SSSR count). The number of oxime groups is 1. The van der Waals surface area contributed by atoms with Crippen LogP contribution in [0.25, 0.3) is 0 Å². The standard InChI is InChI=1S/C9H9NO3/c11-7-5-13-8-4-2-1-3-6(8)9(7)10-12/h1-4,7,11-12H,5H2/t7-/m0/s1. The Hall–Kier alpha value is -1.55. The lowest BCUT2D eigenvalue weighted by Crippen LogP contribution is -2.33. The van der Waals surface area contributed by atoms with Gasteiger partial charge in [0.2, 0.25) is 0 Å². The zero-order valence-corrected chi connectivity index (χ0v) is 6.84. The number of para-hydroxylation sites is 1. The maximum absolute atomic E-state index is 9.40. The van der Waals surface area contributed by atoms with Gasteiger partial charge in [-0.05, 0) is 12.1 Å². The van der Waals surface area contributed by atoms with Gasteiger partial charge in [0, 0.05) is 5.56 Å². The van der Waals surface area contributed by atoms with Crippen LogP contribution >= 0.6 is 0 Å². The van der Waals surface area contributed by atoms with Gasteiger partial charge in [-0.3, -0.25) is 0 Å². The molecule has 0 amide bonds. The van der Waals surface area contributed by atoms with Crippen molar-refractivity contribution in [1.29, 1.82) is 0 Å². The third-order valence-corrected chi connectivity index (χ3v) is 1.98. The Bertz CT molecular complexity index is 348. The van der Waals surface area contributed by atoms with Crippen LogP contribution in [0.2, 0.25) is 0 Å². The van der Waals surface area contributed by atoms with Gasteiger partial charge in [-0.25, -0.2) is 0 Å². The van der Waals surface area contributed by atoms with Gasteiger partial charge in [-0.1, -0.05) is 17.3 Å². The number of fused-ring (bicyclic) bond motifs is 1. The molecule has 1 aliphatic rings. The molecule has 0 saturated heterocycles. The fourth-order valence-corrected chi connectivity index (χ4v) is 1.35. The van der Waals surface area contributed by atoms with Crippen molar-refractivity contribution in [3.05, 3.63) is 29.8 Å². The second kappa shape index (κ2) is 3.06. The van der Waals surface area contributed by atoms with E-state index >= 15 is 0 Å². The topological polar surface area (TPSA) is 62.1 Å². The van der Waals surface area contributed by atoms with Crippen molar-refractivity contribution in [3.63, 3.8) is 0 Å². The Kier molecular flexibility index (Phi) is 1.90. The summed E-state index contributed by atoms with van der Waals surface area (Å²) in [5.41, 5.74) is 0.908. The molecule has 0 spiro atoms. The first-order valence-electron chi connectivity index (χ1n) is 3.95. The predicted octanol–water partition coefficient (Wildman–Crippen LogP) is 0.618. The van der Waals surface area contributed by atoms with E-state index in [0.29, 0.717) is 11.3 Å². The first kappa shape index (κ1) is 8.07. The summed E-state index contributed by atoms with van der Waals surface area (Å²) in [5.74, 6) is 0.639. The highest BCUT2D eigenvalue weighted by Gasteiger charge is 2.24. The quantitative estimate of drug-likeness (QED) is 0.453. The predicted molar refractivity (Wildman–Crippen MR) is 46.3 cm³/mol. The smallest absolute Gasteiger partial charge is 0.134 e. The number of ether oxygens (including phenoxy) is 1. The van der Waals surface area contributed by atoms with Gasteiger partial charge in [-0.2, -0.15) is 0 Å². The molecular formula is C9H9NO3. The Morgan fingerprint density at radius 3 is 2.92 bits per heavy atom. The van der Waals surface area contributed by atoms with Gasteiger partial charge in [0.25, 0.3) is 0 Å². The summed E-state index contributed by atoms with van der Waals surface area (Å²) >= 11 is 0. The Morgan fingerprint density at radius 1 is 1.38 bits per heavy atom. The first-order valence-corrected chi connectivity index (χ1v) is 3.95. The number of nitrogens with zero attached hydrogens (tertiary/aromatic N) is 1. The van der Waals surface area contributed by atoms with Crippen molar-refractivity contribution in [2.24, 2.45) is 5.16 Å². The van der Waals surface area contributed by atoms with Crippen LogP contribution in [0.3, 0.4) is 0 Å².